The lowest BCUT2D eigenvalue weighted by Gasteiger charge is -2.29. The first-order valence-electron chi connectivity index (χ1n) is 7.85. The number of amides is 1. The van der Waals surface area contributed by atoms with Crippen LogP contribution in [0, 0.1) is 10.1 Å². The van der Waals surface area contributed by atoms with Gasteiger partial charge in [0.15, 0.2) is 0 Å². The number of nitrogens with one attached hydrogen (secondary N) is 2. The Hall–Kier alpha value is -3.22. The number of amidine groups is 1. The lowest BCUT2D eigenvalue weighted by atomic mass is 9.89. The first kappa shape index (κ1) is 16.6. The maximum Gasteiger partial charge on any atom is 0.282 e. The summed E-state index contributed by atoms with van der Waals surface area (Å²) < 4.78 is 0. The number of nitrogens with zero attached hydrogens (tertiary/aromatic N) is 2. The smallest absolute Gasteiger partial charge is 0.281 e. The molecule has 1 amide bonds. The summed E-state index contributed by atoms with van der Waals surface area (Å²) in [5.41, 5.74) is 6.82. The van der Waals surface area contributed by atoms with Crippen LogP contribution < -0.4 is 10.9 Å². The summed E-state index contributed by atoms with van der Waals surface area (Å²) >= 11 is 0. The molecule has 2 N–H and O–H groups in total. The minimum atomic E-state index is -0.587. The van der Waals surface area contributed by atoms with E-state index < -0.39 is 10.8 Å². The lowest BCUT2D eigenvalue weighted by Crippen LogP contribution is -2.45. The molecule has 0 aliphatic carbocycles. The number of carbonyl (C=O) groups excluding carboxylic acids is 1. The molecule has 2 aromatic carbocycles. The second-order valence-electron chi connectivity index (χ2n) is 6.46. The van der Waals surface area contributed by atoms with Gasteiger partial charge >= 0.3 is 0 Å². The summed E-state index contributed by atoms with van der Waals surface area (Å²) in [5.74, 6) is -0.0466. The topological polar surface area (TPSA) is 96.6 Å². The fraction of sp³-hybridized carbons (Fsp3) is 0.222. The Morgan fingerprint density at radius 1 is 1.16 bits per heavy atom. The molecule has 128 valence electrons. The Bertz CT molecular complexity index is 874. The van der Waals surface area contributed by atoms with E-state index >= 15 is 0 Å². The molecule has 0 unspecified atom stereocenters. The van der Waals surface area contributed by atoms with Crippen molar-refractivity contribution in [3.05, 3.63) is 75.3 Å². The molecule has 7 heteroatoms. The molecule has 1 aliphatic heterocycles. The maximum absolute atomic E-state index is 12.4. The predicted molar refractivity (Wildman–Crippen MR) is 94.5 cm³/mol. The van der Waals surface area contributed by atoms with Crippen molar-refractivity contribution in [3.63, 3.8) is 0 Å². The fourth-order valence-corrected chi connectivity index (χ4v) is 2.88. The number of hydrazine groups is 1. The van der Waals surface area contributed by atoms with Crippen LogP contribution in [0.1, 0.15) is 35.3 Å². The maximum atomic E-state index is 12.4. The summed E-state index contributed by atoms with van der Waals surface area (Å²) in [6, 6.07) is 13.6. The van der Waals surface area contributed by atoms with Crippen LogP contribution in [0.2, 0.25) is 0 Å². The number of hydrogen-bond acceptors (Lipinski definition) is 5. The van der Waals surface area contributed by atoms with Gasteiger partial charge in [0.05, 0.1) is 10.5 Å². The standard InChI is InChI=1S/C18H18N4O3/c1-18(2)11-12-7-3-4-8-13(12)16(19-18)20-21-17(23)14-9-5-6-10-15(14)22(24)25/h3-10H,11H2,1-2H3,(H,19,20)(H,21,23). The molecule has 0 saturated carbocycles. The number of para-hydroxylation sites is 1. The molecule has 0 saturated heterocycles. The third-order valence-electron chi connectivity index (χ3n) is 3.95. The Labute approximate surface area is 144 Å². The van der Waals surface area contributed by atoms with Gasteiger partial charge in [0.2, 0.25) is 0 Å². The van der Waals surface area contributed by atoms with Crippen molar-refractivity contribution in [2.24, 2.45) is 4.99 Å². The van der Waals surface area contributed by atoms with Gasteiger partial charge in [-0.3, -0.25) is 30.8 Å². The monoisotopic (exact) mass is 338 g/mol. The largest absolute Gasteiger partial charge is 0.282 e. The number of aliphatic imine (C=N–C) groups is 1. The number of nitro groups is 1. The second-order valence-corrected chi connectivity index (χ2v) is 6.46. The van der Waals surface area contributed by atoms with Gasteiger partial charge in [-0.1, -0.05) is 36.4 Å². The Morgan fingerprint density at radius 3 is 2.60 bits per heavy atom. The number of rotatable bonds is 2. The van der Waals surface area contributed by atoms with Gasteiger partial charge in [-0.15, -0.1) is 0 Å². The molecule has 0 atom stereocenters. The number of fused-ring (bicyclic) bond motifs is 1. The van der Waals surface area contributed by atoms with E-state index in [2.05, 4.69) is 15.8 Å². The van der Waals surface area contributed by atoms with Crippen LogP contribution in [0.5, 0.6) is 0 Å². The molecule has 7 nitrogen and oxygen atoms in total. The summed E-state index contributed by atoms with van der Waals surface area (Å²) in [7, 11) is 0. The van der Waals surface area contributed by atoms with Gasteiger partial charge in [-0.05, 0) is 31.9 Å². The van der Waals surface area contributed by atoms with Crippen LogP contribution >= 0.6 is 0 Å². The van der Waals surface area contributed by atoms with Crippen LogP contribution in [0.25, 0.3) is 0 Å². The van der Waals surface area contributed by atoms with E-state index in [-0.39, 0.29) is 16.8 Å². The second kappa shape index (κ2) is 6.35. The lowest BCUT2D eigenvalue weighted by molar-refractivity contribution is -0.385. The highest BCUT2D eigenvalue weighted by Gasteiger charge is 2.27. The van der Waals surface area contributed by atoms with Crippen molar-refractivity contribution in [2.75, 3.05) is 0 Å². The number of nitro benzene ring substituents is 1. The normalized spacial score (nSPS) is 14.9. The molecule has 3 rings (SSSR count). The number of carbonyl (C=O) groups is 1. The van der Waals surface area contributed by atoms with Crippen LogP contribution in [0.4, 0.5) is 5.69 Å². The first-order chi connectivity index (χ1) is 11.9. The van der Waals surface area contributed by atoms with Crippen molar-refractivity contribution in [1.29, 1.82) is 0 Å². The molecule has 0 bridgehead atoms. The van der Waals surface area contributed by atoms with Gasteiger partial charge in [0.1, 0.15) is 11.4 Å². The van der Waals surface area contributed by atoms with E-state index in [1.807, 2.05) is 38.1 Å². The van der Waals surface area contributed by atoms with E-state index in [1.165, 1.54) is 18.2 Å². The highest BCUT2D eigenvalue weighted by molar-refractivity contribution is 6.04. The Kier molecular flexibility index (Phi) is 4.22. The zero-order chi connectivity index (χ0) is 18.0. The molecule has 2 aromatic rings. The Morgan fingerprint density at radius 2 is 1.84 bits per heavy atom. The van der Waals surface area contributed by atoms with Gasteiger partial charge < -0.3 is 0 Å². The molecule has 1 heterocycles. The average Bonchev–Trinajstić information content (AvgIpc) is 2.58. The van der Waals surface area contributed by atoms with Gasteiger partial charge in [-0.2, -0.15) is 0 Å². The van der Waals surface area contributed by atoms with E-state index in [0.29, 0.717) is 5.84 Å². The van der Waals surface area contributed by atoms with Crippen molar-refractivity contribution in [1.82, 2.24) is 10.9 Å². The first-order valence-corrected chi connectivity index (χ1v) is 7.85. The van der Waals surface area contributed by atoms with Gasteiger partial charge in [0.25, 0.3) is 11.6 Å². The third kappa shape index (κ3) is 3.50. The minimum Gasteiger partial charge on any atom is -0.281 e. The summed E-state index contributed by atoms with van der Waals surface area (Å²) in [6.07, 6.45) is 0.798. The highest BCUT2D eigenvalue weighted by atomic mass is 16.6. The van der Waals surface area contributed by atoms with Crippen molar-refractivity contribution >= 4 is 17.4 Å². The van der Waals surface area contributed by atoms with Gasteiger partial charge in [0, 0.05) is 11.6 Å². The van der Waals surface area contributed by atoms with E-state index in [9.17, 15) is 14.9 Å². The highest BCUT2D eigenvalue weighted by Crippen LogP contribution is 2.25. The van der Waals surface area contributed by atoms with Crippen LogP contribution in [-0.2, 0) is 6.42 Å². The molecule has 0 spiro atoms. The van der Waals surface area contributed by atoms with E-state index in [4.69, 9.17) is 0 Å². The number of hydrogen-bond donors (Lipinski definition) is 2. The fourth-order valence-electron chi connectivity index (χ4n) is 2.88. The van der Waals surface area contributed by atoms with E-state index in [0.717, 1.165) is 17.5 Å². The van der Waals surface area contributed by atoms with E-state index in [1.54, 1.807) is 6.07 Å². The molecule has 0 fully saturated rings. The molecular formula is C18H18N4O3. The predicted octanol–water partition coefficient (Wildman–Crippen LogP) is 2.61. The molecule has 0 aromatic heterocycles. The molecule has 0 radical (unpaired) electrons. The summed E-state index contributed by atoms with van der Waals surface area (Å²) in [5, 5.41) is 11.1. The summed E-state index contributed by atoms with van der Waals surface area (Å²) in [6.45, 7) is 4.02. The zero-order valence-corrected chi connectivity index (χ0v) is 13.9. The zero-order valence-electron chi connectivity index (χ0n) is 13.9. The molecular weight excluding hydrogens is 320 g/mol. The van der Waals surface area contributed by atoms with Crippen LogP contribution in [0.3, 0.4) is 0 Å². The quantitative estimate of drug-likeness (QED) is 0.650. The molecule has 1 aliphatic rings. The minimum absolute atomic E-state index is 0.0102. The summed E-state index contributed by atoms with van der Waals surface area (Å²) in [4.78, 5) is 27.5. The van der Waals surface area contributed by atoms with Crippen molar-refractivity contribution in [3.8, 4) is 0 Å². The van der Waals surface area contributed by atoms with Crippen molar-refractivity contribution in [2.45, 2.75) is 25.8 Å². The van der Waals surface area contributed by atoms with Gasteiger partial charge in [-0.25, -0.2) is 0 Å². The third-order valence-corrected chi connectivity index (χ3v) is 3.95. The Balaban J connectivity index is 1.83. The molecule has 25 heavy (non-hydrogen) atoms. The van der Waals surface area contributed by atoms with Crippen molar-refractivity contribution < 1.29 is 9.72 Å². The van der Waals surface area contributed by atoms with Crippen LogP contribution in [0.15, 0.2) is 53.5 Å². The SMILES string of the molecule is CC1(C)Cc2ccccc2C(NNC(=O)c2ccccc2[N+](=O)[O-])=N1. The average molecular weight is 338 g/mol. The number of benzene rings is 2. The van der Waals surface area contributed by atoms with Crippen LogP contribution in [-0.4, -0.2) is 22.2 Å².